The Hall–Kier alpha value is -2.47. The molecule has 0 bridgehead atoms. The summed E-state index contributed by atoms with van der Waals surface area (Å²) in [5.74, 6) is 0.949. The molecule has 0 atom stereocenters. The third-order valence-electron chi connectivity index (χ3n) is 4.11. The second kappa shape index (κ2) is 7.83. The van der Waals surface area contributed by atoms with E-state index in [1.54, 1.807) is 0 Å². The molecule has 0 unspecified atom stereocenters. The van der Waals surface area contributed by atoms with Gasteiger partial charge in [0.15, 0.2) is 0 Å². The van der Waals surface area contributed by atoms with E-state index >= 15 is 0 Å². The maximum atomic E-state index is 12.4. The van der Waals surface area contributed by atoms with Crippen molar-refractivity contribution in [2.45, 2.75) is 33.2 Å². The lowest BCUT2D eigenvalue weighted by Crippen LogP contribution is -2.25. The lowest BCUT2D eigenvalue weighted by atomic mass is 10.1. The predicted molar refractivity (Wildman–Crippen MR) is 108 cm³/mol. The number of carbonyl (C=O) groups excluding carboxylic acids is 1. The normalized spacial score (nSPS) is 12.0. The molecule has 134 valence electrons. The first-order valence-corrected chi connectivity index (χ1v) is 9.29. The fourth-order valence-corrected chi connectivity index (χ4v) is 3.05. The molecule has 0 radical (unpaired) electrons. The Kier molecular flexibility index (Phi) is 5.52. The van der Waals surface area contributed by atoms with Gasteiger partial charge in [0.2, 0.25) is 0 Å². The number of hydrogen-bond acceptors (Lipinski definition) is 3. The largest absolute Gasteiger partial charge is 0.318 e. The van der Waals surface area contributed by atoms with Crippen molar-refractivity contribution in [1.82, 2.24) is 15.0 Å². The molecule has 0 aliphatic carbocycles. The summed E-state index contributed by atoms with van der Waals surface area (Å²) in [5.41, 5.74) is 6.23. The number of carbonyl (C=O) groups is 1. The van der Waals surface area contributed by atoms with Crippen molar-refractivity contribution in [2.75, 3.05) is 0 Å². The van der Waals surface area contributed by atoms with Gasteiger partial charge in [-0.05, 0) is 36.8 Å². The summed E-state index contributed by atoms with van der Waals surface area (Å²) in [4.78, 5) is 17.1. The molecule has 0 saturated carbocycles. The highest BCUT2D eigenvalue weighted by Crippen LogP contribution is 2.21. The summed E-state index contributed by atoms with van der Waals surface area (Å²) < 4.78 is 2.96. The van der Waals surface area contributed by atoms with E-state index in [0.717, 1.165) is 32.6 Å². The molecule has 6 heteroatoms. The van der Waals surface area contributed by atoms with Crippen molar-refractivity contribution in [3.05, 3.63) is 64.4 Å². The summed E-state index contributed by atoms with van der Waals surface area (Å²) in [6.45, 7) is 6.21. The average molecular weight is 413 g/mol. The summed E-state index contributed by atoms with van der Waals surface area (Å²) in [7, 11) is 0. The number of rotatable bonds is 5. The maximum Gasteiger partial charge on any atom is 0.260 e. The third kappa shape index (κ3) is 4.02. The average Bonchev–Trinajstić information content (AvgIpc) is 2.99. The molecule has 3 rings (SSSR count). The molecule has 3 aromatic rings. The van der Waals surface area contributed by atoms with E-state index in [2.05, 4.69) is 45.3 Å². The molecule has 0 spiro atoms. The fourth-order valence-electron chi connectivity index (χ4n) is 2.78. The van der Waals surface area contributed by atoms with Crippen LogP contribution in [0.15, 0.2) is 58.1 Å². The van der Waals surface area contributed by atoms with Crippen LogP contribution in [0.5, 0.6) is 0 Å². The number of nitrogens with zero attached hydrogens (tertiary/aromatic N) is 3. The molecular formula is C20H21BrN4O. The van der Waals surface area contributed by atoms with Crippen LogP contribution >= 0.6 is 15.9 Å². The van der Waals surface area contributed by atoms with E-state index in [9.17, 15) is 4.79 Å². The molecular weight excluding hydrogens is 392 g/mol. The van der Waals surface area contributed by atoms with Gasteiger partial charge in [0.05, 0.1) is 16.7 Å². The summed E-state index contributed by atoms with van der Waals surface area (Å²) in [5, 5.41) is 4.23. The van der Waals surface area contributed by atoms with Crippen molar-refractivity contribution in [3.63, 3.8) is 0 Å². The van der Waals surface area contributed by atoms with Crippen molar-refractivity contribution < 1.29 is 4.79 Å². The molecule has 0 fully saturated rings. The van der Waals surface area contributed by atoms with E-state index in [4.69, 9.17) is 0 Å². The summed E-state index contributed by atoms with van der Waals surface area (Å²) in [6, 6.07) is 15.7. The van der Waals surface area contributed by atoms with E-state index < -0.39 is 0 Å². The zero-order valence-corrected chi connectivity index (χ0v) is 16.6. The first kappa shape index (κ1) is 18.3. The van der Waals surface area contributed by atoms with Gasteiger partial charge in [0.1, 0.15) is 12.4 Å². The van der Waals surface area contributed by atoms with Crippen molar-refractivity contribution in [3.8, 4) is 0 Å². The lowest BCUT2D eigenvalue weighted by molar-refractivity contribution is -0.121. The number of halogens is 1. The first-order chi connectivity index (χ1) is 12.5. The Balaban J connectivity index is 1.78. The van der Waals surface area contributed by atoms with Gasteiger partial charge in [0.25, 0.3) is 5.91 Å². The molecule has 1 aromatic heterocycles. The zero-order chi connectivity index (χ0) is 18.7. The van der Waals surface area contributed by atoms with Gasteiger partial charge in [-0.1, -0.05) is 54.0 Å². The molecule has 5 nitrogen and oxygen atoms in total. The number of para-hydroxylation sites is 2. The van der Waals surface area contributed by atoms with E-state index in [-0.39, 0.29) is 18.4 Å². The van der Waals surface area contributed by atoms with Gasteiger partial charge >= 0.3 is 0 Å². The highest BCUT2D eigenvalue weighted by Gasteiger charge is 2.15. The second-order valence-corrected chi connectivity index (χ2v) is 7.35. The quantitative estimate of drug-likeness (QED) is 0.496. The van der Waals surface area contributed by atoms with Crippen molar-refractivity contribution in [1.29, 1.82) is 0 Å². The zero-order valence-electron chi connectivity index (χ0n) is 15.0. The minimum absolute atomic E-state index is 0.175. The number of amides is 1. The van der Waals surface area contributed by atoms with Crippen LogP contribution in [0.3, 0.4) is 0 Å². The van der Waals surface area contributed by atoms with Gasteiger partial charge in [-0.25, -0.2) is 10.4 Å². The maximum absolute atomic E-state index is 12.4. The van der Waals surface area contributed by atoms with Crippen LogP contribution in [-0.2, 0) is 11.3 Å². The Morgan fingerprint density at radius 1 is 1.19 bits per heavy atom. The number of benzene rings is 2. The van der Waals surface area contributed by atoms with E-state index in [0.29, 0.717) is 0 Å². The van der Waals surface area contributed by atoms with Crippen LogP contribution in [0.25, 0.3) is 11.0 Å². The molecule has 0 aliphatic rings. The van der Waals surface area contributed by atoms with Gasteiger partial charge in [0, 0.05) is 10.4 Å². The van der Waals surface area contributed by atoms with E-state index in [1.807, 2.05) is 60.0 Å². The molecule has 0 saturated heterocycles. The SMILES string of the molecule is C/C(=N\NC(=O)Cn1c(C(C)C)nc2ccccc21)c1ccc(Br)cc1. The molecule has 2 aromatic carbocycles. The number of fused-ring (bicyclic) bond motifs is 1. The molecule has 1 N–H and O–H groups in total. The van der Waals surface area contributed by atoms with Crippen LogP contribution in [0.2, 0.25) is 0 Å². The van der Waals surface area contributed by atoms with Crippen LogP contribution < -0.4 is 5.43 Å². The molecule has 26 heavy (non-hydrogen) atoms. The van der Waals surface area contributed by atoms with Crippen LogP contribution in [0.1, 0.15) is 38.1 Å². The molecule has 1 heterocycles. The number of hydrogen-bond donors (Lipinski definition) is 1. The van der Waals surface area contributed by atoms with Gasteiger partial charge in [-0.3, -0.25) is 4.79 Å². The summed E-state index contributed by atoms with van der Waals surface area (Å²) in [6.07, 6.45) is 0. The third-order valence-corrected chi connectivity index (χ3v) is 4.64. The summed E-state index contributed by atoms with van der Waals surface area (Å²) >= 11 is 3.41. The highest BCUT2D eigenvalue weighted by atomic mass is 79.9. The number of aromatic nitrogens is 2. The lowest BCUT2D eigenvalue weighted by Gasteiger charge is -2.10. The highest BCUT2D eigenvalue weighted by molar-refractivity contribution is 9.10. The number of nitrogens with one attached hydrogen (secondary N) is 1. The van der Waals surface area contributed by atoms with Gasteiger partial charge in [-0.15, -0.1) is 0 Å². The minimum Gasteiger partial charge on any atom is -0.318 e. The second-order valence-electron chi connectivity index (χ2n) is 6.44. The van der Waals surface area contributed by atoms with Crippen molar-refractivity contribution >= 4 is 38.6 Å². The Morgan fingerprint density at radius 2 is 1.88 bits per heavy atom. The topological polar surface area (TPSA) is 59.3 Å². The standard InChI is InChI=1S/C20H21BrN4O/c1-13(2)20-22-17-6-4-5-7-18(17)25(20)12-19(26)24-23-14(3)15-8-10-16(21)11-9-15/h4-11,13H,12H2,1-3H3,(H,24,26)/b23-14+. The van der Waals surface area contributed by atoms with Crippen LogP contribution in [0.4, 0.5) is 0 Å². The van der Waals surface area contributed by atoms with E-state index in [1.165, 1.54) is 0 Å². The first-order valence-electron chi connectivity index (χ1n) is 8.50. The minimum atomic E-state index is -0.175. The Bertz CT molecular complexity index is 958. The number of imidazole rings is 1. The fraction of sp³-hybridized carbons (Fsp3) is 0.250. The molecule has 1 amide bonds. The van der Waals surface area contributed by atoms with Gasteiger partial charge < -0.3 is 4.57 Å². The number of hydrazone groups is 1. The van der Waals surface area contributed by atoms with Crippen LogP contribution in [0, 0.1) is 0 Å². The van der Waals surface area contributed by atoms with Gasteiger partial charge in [-0.2, -0.15) is 5.10 Å². The van der Waals surface area contributed by atoms with Crippen molar-refractivity contribution in [2.24, 2.45) is 5.10 Å². The Morgan fingerprint density at radius 3 is 2.58 bits per heavy atom. The monoisotopic (exact) mass is 412 g/mol. The smallest absolute Gasteiger partial charge is 0.260 e. The Labute approximate surface area is 161 Å². The molecule has 0 aliphatic heterocycles. The predicted octanol–water partition coefficient (Wildman–Crippen LogP) is 4.46. The van der Waals surface area contributed by atoms with Crippen LogP contribution in [-0.4, -0.2) is 21.2 Å².